The second kappa shape index (κ2) is 5.45. The first-order chi connectivity index (χ1) is 8.50. The number of ether oxygens (including phenoxy) is 3. The molecule has 0 bridgehead atoms. The number of hydrogen-bond acceptors (Lipinski definition) is 4. The zero-order valence-corrected chi connectivity index (χ0v) is 12.6. The summed E-state index contributed by atoms with van der Waals surface area (Å²) in [4.78, 5) is 13.8. The SMILES string of the molecule is CO[C@H]1C(=O)N(CCCBr)[C@H]1[C@H]1COC(C)(C)O1. The average Bonchev–Trinajstić information content (AvgIpc) is 2.66. The van der Waals surface area contributed by atoms with E-state index in [1.807, 2.05) is 18.7 Å². The molecule has 2 aliphatic heterocycles. The van der Waals surface area contributed by atoms with Crippen LogP contribution in [-0.2, 0) is 19.0 Å². The van der Waals surface area contributed by atoms with Crippen LogP contribution in [0.25, 0.3) is 0 Å². The number of alkyl halides is 1. The second-order valence-corrected chi connectivity index (χ2v) is 5.88. The summed E-state index contributed by atoms with van der Waals surface area (Å²) in [6, 6.07) is -0.0247. The molecule has 2 aliphatic rings. The molecule has 0 aromatic rings. The van der Waals surface area contributed by atoms with Gasteiger partial charge in [-0.05, 0) is 20.3 Å². The lowest BCUT2D eigenvalue weighted by molar-refractivity contribution is -0.193. The van der Waals surface area contributed by atoms with E-state index in [0.717, 1.165) is 18.3 Å². The van der Waals surface area contributed by atoms with E-state index < -0.39 is 5.79 Å². The summed E-state index contributed by atoms with van der Waals surface area (Å²) in [5.74, 6) is -0.514. The molecule has 0 aromatic heterocycles. The van der Waals surface area contributed by atoms with E-state index in [0.29, 0.717) is 6.61 Å². The Morgan fingerprint density at radius 2 is 2.28 bits per heavy atom. The van der Waals surface area contributed by atoms with E-state index in [-0.39, 0.29) is 24.2 Å². The van der Waals surface area contributed by atoms with Gasteiger partial charge in [0.15, 0.2) is 11.9 Å². The molecule has 0 aromatic carbocycles. The van der Waals surface area contributed by atoms with Gasteiger partial charge in [0.05, 0.1) is 12.6 Å². The summed E-state index contributed by atoms with van der Waals surface area (Å²) in [5, 5.41) is 0.884. The summed E-state index contributed by atoms with van der Waals surface area (Å²) >= 11 is 3.38. The molecular formula is C12H20BrNO4. The molecule has 2 heterocycles. The van der Waals surface area contributed by atoms with Crippen molar-refractivity contribution in [3.05, 3.63) is 0 Å². The molecule has 0 aliphatic carbocycles. The summed E-state index contributed by atoms with van der Waals surface area (Å²) in [5.41, 5.74) is 0. The predicted octanol–water partition coefficient (Wildman–Crippen LogP) is 1.15. The van der Waals surface area contributed by atoms with Gasteiger partial charge in [0.1, 0.15) is 6.10 Å². The number of carbonyl (C=O) groups is 1. The van der Waals surface area contributed by atoms with Gasteiger partial charge < -0.3 is 19.1 Å². The molecule has 2 saturated heterocycles. The summed E-state index contributed by atoms with van der Waals surface area (Å²) in [7, 11) is 1.57. The van der Waals surface area contributed by atoms with Crippen molar-refractivity contribution in [2.75, 3.05) is 25.6 Å². The highest BCUT2D eigenvalue weighted by Crippen LogP contribution is 2.33. The first-order valence-electron chi connectivity index (χ1n) is 6.21. The minimum absolute atomic E-state index is 0.0247. The Bertz CT molecular complexity index is 323. The summed E-state index contributed by atoms with van der Waals surface area (Å²) in [6.07, 6.45) is 0.441. The zero-order chi connectivity index (χ0) is 13.3. The van der Waals surface area contributed by atoms with E-state index in [1.54, 1.807) is 7.11 Å². The highest BCUT2D eigenvalue weighted by molar-refractivity contribution is 9.09. The fourth-order valence-electron chi connectivity index (χ4n) is 2.55. The van der Waals surface area contributed by atoms with Crippen LogP contribution in [0.4, 0.5) is 0 Å². The van der Waals surface area contributed by atoms with Gasteiger partial charge in [-0.15, -0.1) is 0 Å². The quantitative estimate of drug-likeness (QED) is 0.563. The molecule has 104 valence electrons. The van der Waals surface area contributed by atoms with E-state index in [2.05, 4.69) is 15.9 Å². The lowest BCUT2D eigenvalue weighted by Gasteiger charge is -2.48. The lowest BCUT2D eigenvalue weighted by Crippen LogP contribution is -2.70. The Balaban J connectivity index is 2.01. The number of hydrogen-bond donors (Lipinski definition) is 0. The first-order valence-corrected chi connectivity index (χ1v) is 7.33. The topological polar surface area (TPSA) is 48.0 Å². The molecule has 6 heteroatoms. The highest BCUT2D eigenvalue weighted by Gasteiger charge is 2.54. The fraction of sp³-hybridized carbons (Fsp3) is 0.917. The Morgan fingerprint density at radius 1 is 1.56 bits per heavy atom. The third-order valence-corrected chi connectivity index (χ3v) is 3.96. The van der Waals surface area contributed by atoms with Crippen LogP contribution in [0, 0.1) is 0 Å². The number of nitrogens with zero attached hydrogens (tertiary/aromatic N) is 1. The van der Waals surface area contributed by atoms with Gasteiger partial charge >= 0.3 is 0 Å². The normalized spacial score (nSPS) is 34.8. The molecule has 0 N–H and O–H groups in total. The van der Waals surface area contributed by atoms with Crippen molar-refractivity contribution in [1.82, 2.24) is 4.90 Å². The number of carbonyl (C=O) groups excluding carboxylic acids is 1. The van der Waals surface area contributed by atoms with Crippen molar-refractivity contribution in [2.45, 2.75) is 44.3 Å². The molecule has 1 amide bonds. The molecule has 5 nitrogen and oxygen atoms in total. The molecule has 0 spiro atoms. The maximum Gasteiger partial charge on any atom is 0.254 e. The Kier molecular flexibility index (Phi) is 4.31. The standard InChI is InChI=1S/C12H20BrNO4/c1-12(2)17-7-8(18-12)9-10(16-3)11(15)14(9)6-4-5-13/h8-10H,4-7H2,1-3H3/t8-,9+,10-/m1/s1. The van der Waals surface area contributed by atoms with Gasteiger partial charge in [-0.1, -0.05) is 15.9 Å². The first kappa shape index (κ1) is 14.2. The van der Waals surface area contributed by atoms with Crippen molar-refractivity contribution in [2.24, 2.45) is 0 Å². The molecule has 0 radical (unpaired) electrons. The van der Waals surface area contributed by atoms with Gasteiger partial charge in [-0.2, -0.15) is 0 Å². The number of halogens is 1. The lowest BCUT2D eigenvalue weighted by atomic mass is 9.92. The third kappa shape index (κ3) is 2.57. The van der Waals surface area contributed by atoms with E-state index in [1.165, 1.54) is 0 Å². The van der Waals surface area contributed by atoms with E-state index in [4.69, 9.17) is 14.2 Å². The maximum atomic E-state index is 11.9. The van der Waals surface area contributed by atoms with Crippen molar-refractivity contribution < 1.29 is 19.0 Å². The van der Waals surface area contributed by atoms with E-state index in [9.17, 15) is 4.79 Å². The molecule has 2 fully saturated rings. The third-order valence-electron chi connectivity index (χ3n) is 3.39. The monoisotopic (exact) mass is 321 g/mol. The molecule has 2 rings (SSSR count). The highest BCUT2D eigenvalue weighted by atomic mass is 79.9. The molecule has 18 heavy (non-hydrogen) atoms. The minimum Gasteiger partial charge on any atom is -0.369 e. The van der Waals surface area contributed by atoms with Gasteiger partial charge in [0.25, 0.3) is 5.91 Å². The summed E-state index contributed by atoms with van der Waals surface area (Å²) in [6.45, 7) is 5.01. The Hall–Kier alpha value is -0.170. The van der Waals surface area contributed by atoms with Crippen molar-refractivity contribution >= 4 is 21.8 Å². The van der Waals surface area contributed by atoms with Gasteiger partial charge in [0.2, 0.25) is 0 Å². The van der Waals surface area contributed by atoms with Crippen LogP contribution in [0.15, 0.2) is 0 Å². The molecule has 3 atom stereocenters. The molecular weight excluding hydrogens is 302 g/mol. The maximum absolute atomic E-state index is 11.9. The van der Waals surface area contributed by atoms with Gasteiger partial charge in [0, 0.05) is 19.0 Å². The van der Waals surface area contributed by atoms with Crippen LogP contribution in [0.5, 0.6) is 0 Å². The zero-order valence-electron chi connectivity index (χ0n) is 11.0. The van der Waals surface area contributed by atoms with Crippen LogP contribution < -0.4 is 0 Å². The number of rotatable bonds is 5. The molecule has 0 saturated carbocycles. The van der Waals surface area contributed by atoms with Gasteiger partial charge in [-0.3, -0.25) is 4.79 Å². The van der Waals surface area contributed by atoms with Crippen LogP contribution in [0.1, 0.15) is 20.3 Å². The van der Waals surface area contributed by atoms with Crippen LogP contribution >= 0.6 is 15.9 Å². The fourth-order valence-corrected chi connectivity index (χ4v) is 2.80. The number of likely N-dealkylation sites (tertiary alicyclic amines) is 1. The van der Waals surface area contributed by atoms with Crippen LogP contribution in [0.2, 0.25) is 0 Å². The van der Waals surface area contributed by atoms with Crippen molar-refractivity contribution in [3.63, 3.8) is 0 Å². The number of methoxy groups -OCH3 is 1. The van der Waals surface area contributed by atoms with Crippen LogP contribution in [0.3, 0.4) is 0 Å². The number of amides is 1. The largest absolute Gasteiger partial charge is 0.369 e. The van der Waals surface area contributed by atoms with Crippen molar-refractivity contribution in [1.29, 1.82) is 0 Å². The van der Waals surface area contributed by atoms with Crippen LogP contribution in [-0.4, -0.2) is 60.4 Å². The van der Waals surface area contributed by atoms with Gasteiger partial charge in [-0.25, -0.2) is 0 Å². The van der Waals surface area contributed by atoms with E-state index >= 15 is 0 Å². The Morgan fingerprint density at radius 3 is 2.78 bits per heavy atom. The average molecular weight is 322 g/mol. The summed E-state index contributed by atoms with van der Waals surface area (Å²) < 4.78 is 16.7. The van der Waals surface area contributed by atoms with Crippen molar-refractivity contribution in [3.8, 4) is 0 Å². The molecule has 0 unspecified atom stereocenters. The predicted molar refractivity (Wildman–Crippen MR) is 69.6 cm³/mol. The smallest absolute Gasteiger partial charge is 0.254 e. The minimum atomic E-state index is -0.567. The number of β-lactam (4-membered cyclic amide) rings is 1. The second-order valence-electron chi connectivity index (χ2n) is 5.09. The Labute approximate surface area is 116 Å².